The van der Waals surface area contributed by atoms with E-state index in [1.807, 2.05) is 0 Å². The highest BCUT2D eigenvalue weighted by atomic mass is 16.6. The Morgan fingerprint density at radius 1 is 1.31 bits per heavy atom. The highest BCUT2D eigenvalue weighted by Gasteiger charge is 2.52. The van der Waals surface area contributed by atoms with Crippen molar-refractivity contribution < 1.29 is 4.74 Å². The number of rotatable bonds is 2. The molecule has 1 heterocycles. The second kappa shape index (κ2) is 3.45. The number of allylic oxidation sites excluding steroid dienone is 2. The zero-order valence-corrected chi connectivity index (χ0v) is 8.86. The van der Waals surface area contributed by atoms with E-state index in [1.165, 1.54) is 6.42 Å². The van der Waals surface area contributed by atoms with Crippen molar-refractivity contribution in [1.29, 1.82) is 0 Å². The largest absolute Gasteiger partial charge is 0.369 e. The van der Waals surface area contributed by atoms with Gasteiger partial charge in [0.05, 0.1) is 12.2 Å². The summed E-state index contributed by atoms with van der Waals surface area (Å²) < 4.78 is 5.68. The lowest BCUT2D eigenvalue weighted by Crippen LogP contribution is -2.27. The molecule has 5 atom stereocenters. The quantitative estimate of drug-likeness (QED) is 0.470. The van der Waals surface area contributed by atoms with Crippen molar-refractivity contribution in [3.8, 4) is 0 Å². The number of ether oxygens (including phenoxy) is 1. The summed E-state index contributed by atoms with van der Waals surface area (Å²) in [5.41, 5.74) is 0. The molecule has 74 valence electrons. The van der Waals surface area contributed by atoms with Gasteiger partial charge in [0.2, 0.25) is 0 Å². The summed E-state index contributed by atoms with van der Waals surface area (Å²) in [6.45, 7) is 6.86. The average molecular weight is 180 g/mol. The van der Waals surface area contributed by atoms with E-state index in [1.54, 1.807) is 0 Å². The molecule has 0 aromatic carbocycles. The first-order valence-corrected chi connectivity index (χ1v) is 5.56. The molecule has 2 fully saturated rings. The monoisotopic (exact) mass is 180 g/mol. The maximum Gasteiger partial charge on any atom is 0.0875 e. The SMILES string of the molecule is CC/C=C/C1CC(C)C2OC2C1C. The highest BCUT2D eigenvalue weighted by Crippen LogP contribution is 2.47. The number of fused-ring (bicyclic) bond motifs is 1. The van der Waals surface area contributed by atoms with E-state index in [0.717, 1.165) is 24.2 Å². The summed E-state index contributed by atoms with van der Waals surface area (Å²) in [5, 5.41) is 0. The summed E-state index contributed by atoms with van der Waals surface area (Å²) in [5.74, 6) is 2.27. The van der Waals surface area contributed by atoms with Crippen molar-refractivity contribution in [2.24, 2.45) is 17.8 Å². The van der Waals surface area contributed by atoms with Gasteiger partial charge in [-0.15, -0.1) is 0 Å². The van der Waals surface area contributed by atoms with Gasteiger partial charge in [0.25, 0.3) is 0 Å². The lowest BCUT2D eigenvalue weighted by Gasteiger charge is -2.27. The molecule has 0 aromatic heterocycles. The van der Waals surface area contributed by atoms with Gasteiger partial charge in [-0.25, -0.2) is 0 Å². The standard InChI is InChI=1S/C12H20O/c1-4-5-6-10-7-8(2)11-12(13-11)9(10)3/h5-6,8-12H,4,7H2,1-3H3/b6-5+. The molecule has 0 spiro atoms. The molecule has 1 heteroatoms. The molecule has 2 rings (SSSR count). The van der Waals surface area contributed by atoms with Crippen molar-refractivity contribution in [2.75, 3.05) is 0 Å². The van der Waals surface area contributed by atoms with Crippen LogP contribution in [0.1, 0.15) is 33.6 Å². The molecular weight excluding hydrogens is 160 g/mol. The summed E-state index contributed by atoms with van der Waals surface area (Å²) in [4.78, 5) is 0. The van der Waals surface area contributed by atoms with Gasteiger partial charge >= 0.3 is 0 Å². The molecule has 13 heavy (non-hydrogen) atoms. The number of hydrogen-bond donors (Lipinski definition) is 0. The van der Waals surface area contributed by atoms with Crippen LogP contribution in [0.2, 0.25) is 0 Å². The molecule has 0 amide bonds. The van der Waals surface area contributed by atoms with Gasteiger partial charge < -0.3 is 4.74 Å². The Morgan fingerprint density at radius 3 is 2.77 bits per heavy atom. The van der Waals surface area contributed by atoms with Crippen molar-refractivity contribution in [3.63, 3.8) is 0 Å². The summed E-state index contributed by atoms with van der Waals surface area (Å²) in [7, 11) is 0. The van der Waals surface area contributed by atoms with Crippen LogP contribution in [0.3, 0.4) is 0 Å². The molecule has 2 aliphatic rings. The maximum absolute atomic E-state index is 5.68. The van der Waals surface area contributed by atoms with E-state index in [9.17, 15) is 0 Å². The molecular formula is C12H20O. The van der Waals surface area contributed by atoms with Crippen molar-refractivity contribution in [3.05, 3.63) is 12.2 Å². The Labute approximate surface area is 81.2 Å². The van der Waals surface area contributed by atoms with Gasteiger partial charge in [0.15, 0.2) is 0 Å². The van der Waals surface area contributed by atoms with E-state index >= 15 is 0 Å². The molecule has 1 aliphatic carbocycles. The van der Waals surface area contributed by atoms with Crippen LogP contribution in [0.5, 0.6) is 0 Å². The lowest BCUT2D eigenvalue weighted by molar-refractivity contribution is 0.285. The topological polar surface area (TPSA) is 12.5 Å². The van der Waals surface area contributed by atoms with E-state index < -0.39 is 0 Å². The fourth-order valence-corrected chi connectivity index (χ4v) is 2.60. The average Bonchev–Trinajstić information content (AvgIpc) is 2.88. The first-order valence-electron chi connectivity index (χ1n) is 5.56. The Morgan fingerprint density at radius 2 is 2.08 bits per heavy atom. The summed E-state index contributed by atoms with van der Waals surface area (Å²) in [6.07, 6.45) is 8.36. The molecule has 5 unspecified atom stereocenters. The molecule has 0 N–H and O–H groups in total. The number of epoxide rings is 1. The Hall–Kier alpha value is -0.300. The van der Waals surface area contributed by atoms with Crippen LogP contribution in [0.25, 0.3) is 0 Å². The molecule has 1 saturated heterocycles. The van der Waals surface area contributed by atoms with Crippen molar-refractivity contribution in [2.45, 2.75) is 45.8 Å². The van der Waals surface area contributed by atoms with Gasteiger partial charge in [-0.2, -0.15) is 0 Å². The Balaban J connectivity index is 1.98. The van der Waals surface area contributed by atoms with Gasteiger partial charge in [0, 0.05) is 0 Å². The van der Waals surface area contributed by atoms with Gasteiger partial charge in [-0.3, -0.25) is 0 Å². The lowest BCUT2D eigenvalue weighted by atomic mass is 9.75. The Bertz CT molecular complexity index is 209. The van der Waals surface area contributed by atoms with E-state index in [2.05, 4.69) is 32.9 Å². The van der Waals surface area contributed by atoms with Crippen LogP contribution in [0, 0.1) is 17.8 Å². The smallest absolute Gasteiger partial charge is 0.0875 e. The van der Waals surface area contributed by atoms with Gasteiger partial charge in [-0.1, -0.05) is 32.9 Å². The fraction of sp³-hybridized carbons (Fsp3) is 0.833. The summed E-state index contributed by atoms with van der Waals surface area (Å²) in [6, 6.07) is 0. The minimum Gasteiger partial charge on any atom is -0.369 e. The van der Waals surface area contributed by atoms with Crippen LogP contribution in [-0.4, -0.2) is 12.2 Å². The molecule has 1 saturated carbocycles. The zero-order valence-electron chi connectivity index (χ0n) is 8.86. The van der Waals surface area contributed by atoms with E-state index in [0.29, 0.717) is 12.2 Å². The van der Waals surface area contributed by atoms with E-state index in [-0.39, 0.29) is 0 Å². The molecule has 0 radical (unpaired) electrons. The second-order valence-corrected chi connectivity index (χ2v) is 4.64. The normalized spacial score (nSPS) is 49.3. The van der Waals surface area contributed by atoms with Crippen LogP contribution >= 0.6 is 0 Å². The Kier molecular flexibility index (Phi) is 2.46. The fourth-order valence-electron chi connectivity index (χ4n) is 2.60. The van der Waals surface area contributed by atoms with Gasteiger partial charge in [-0.05, 0) is 30.6 Å². The predicted octanol–water partition coefficient (Wildman–Crippen LogP) is 3.01. The highest BCUT2D eigenvalue weighted by molar-refractivity contribution is 5.05. The van der Waals surface area contributed by atoms with Crippen LogP contribution in [0.15, 0.2) is 12.2 Å². The predicted molar refractivity (Wildman–Crippen MR) is 54.5 cm³/mol. The first-order chi connectivity index (χ1) is 6.24. The minimum absolute atomic E-state index is 0.579. The maximum atomic E-state index is 5.68. The van der Waals surface area contributed by atoms with E-state index in [4.69, 9.17) is 4.74 Å². The molecule has 0 bridgehead atoms. The third kappa shape index (κ3) is 1.67. The third-order valence-electron chi connectivity index (χ3n) is 3.58. The van der Waals surface area contributed by atoms with Gasteiger partial charge in [0.1, 0.15) is 0 Å². The van der Waals surface area contributed by atoms with Crippen LogP contribution in [-0.2, 0) is 4.74 Å². The van der Waals surface area contributed by atoms with Crippen LogP contribution in [0.4, 0.5) is 0 Å². The van der Waals surface area contributed by atoms with Crippen molar-refractivity contribution in [1.82, 2.24) is 0 Å². The summed E-state index contributed by atoms with van der Waals surface area (Å²) >= 11 is 0. The number of hydrogen-bond acceptors (Lipinski definition) is 1. The third-order valence-corrected chi connectivity index (χ3v) is 3.58. The second-order valence-electron chi connectivity index (χ2n) is 4.64. The minimum atomic E-state index is 0.579. The van der Waals surface area contributed by atoms with Crippen LogP contribution < -0.4 is 0 Å². The molecule has 1 aliphatic heterocycles. The molecule has 1 nitrogen and oxygen atoms in total. The first kappa shape index (κ1) is 9.26. The zero-order chi connectivity index (χ0) is 9.42. The molecule has 0 aromatic rings. The van der Waals surface area contributed by atoms with Crippen molar-refractivity contribution >= 4 is 0 Å².